The Bertz CT molecular complexity index is 828. The molecule has 6 heteroatoms. The van der Waals surface area contributed by atoms with E-state index in [0.717, 1.165) is 28.5 Å². The summed E-state index contributed by atoms with van der Waals surface area (Å²) in [7, 11) is 0. The van der Waals surface area contributed by atoms with Crippen LogP contribution >= 0.6 is 35.0 Å². The molecule has 1 fully saturated rings. The molecule has 0 radical (unpaired) electrons. The Hall–Kier alpha value is -1.23. The fourth-order valence-corrected chi connectivity index (χ4v) is 4.10. The quantitative estimate of drug-likeness (QED) is 0.480. The van der Waals surface area contributed by atoms with Crippen LogP contribution in [0.3, 0.4) is 0 Å². The van der Waals surface area contributed by atoms with Gasteiger partial charge in [0.25, 0.3) is 5.22 Å². The first-order valence-corrected chi connectivity index (χ1v) is 8.70. The first-order valence-electron chi connectivity index (χ1n) is 6.96. The van der Waals surface area contributed by atoms with Gasteiger partial charge in [-0.2, -0.15) is 0 Å². The monoisotopic (exact) mass is 350 g/mol. The number of hydrogen-bond donors (Lipinski definition) is 0. The highest BCUT2D eigenvalue weighted by Gasteiger charge is 2.51. The fraction of sp³-hybridized carbons (Fsp3) is 0.250. The summed E-state index contributed by atoms with van der Waals surface area (Å²) in [4.78, 5) is 0. The largest absolute Gasteiger partial charge is 0.411 e. The van der Waals surface area contributed by atoms with Crippen molar-refractivity contribution in [2.75, 3.05) is 5.75 Å². The Kier molecular flexibility index (Phi) is 3.56. The van der Waals surface area contributed by atoms with Gasteiger partial charge in [0.15, 0.2) is 0 Å². The summed E-state index contributed by atoms with van der Waals surface area (Å²) >= 11 is 13.6. The van der Waals surface area contributed by atoms with Crippen molar-refractivity contribution >= 4 is 45.7 Å². The van der Waals surface area contributed by atoms with Gasteiger partial charge in [0.1, 0.15) is 4.33 Å². The zero-order valence-electron chi connectivity index (χ0n) is 11.5. The van der Waals surface area contributed by atoms with Crippen molar-refractivity contribution < 1.29 is 4.42 Å². The first-order chi connectivity index (χ1) is 10.6. The minimum atomic E-state index is -0.564. The van der Waals surface area contributed by atoms with Gasteiger partial charge < -0.3 is 4.42 Å². The molecule has 1 heterocycles. The Labute approximate surface area is 142 Å². The average Bonchev–Trinajstić information content (AvgIpc) is 2.94. The highest BCUT2D eigenvalue weighted by Crippen LogP contribution is 2.54. The fourth-order valence-electron chi connectivity index (χ4n) is 2.41. The summed E-state index contributed by atoms with van der Waals surface area (Å²) < 4.78 is 5.21. The number of halogens is 2. The van der Waals surface area contributed by atoms with Gasteiger partial charge in [0, 0.05) is 17.2 Å². The second kappa shape index (κ2) is 5.44. The van der Waals surface area contributed by atoms with Crippen molar-refractivity contribution in [2.24, 2.45) is 5.92 Å². The second-order valence-electron chi connectivity index (χ2n) is 5.37. The molecule has 2 aromatic carbocycles. The summed E-state index contributed by atoms with van der Waals surface area (Å²) in [6.45, 7) is 0. The first kappa shape index (κ1) is 14.4. The molecule has 1 aliphatic carbocycles. The molecule has 3 aromatic rings. The molecule has 4 rings (SSSR count). The molecule has 1 aliphatic rings. The minimum absolute atomic E-state index is 0.300. The second-order valence-corrected chi connectivity index (χ2v) is 7.89. The van der Waals surface area contributed by atoms with Gasteiger partial charge in [0.2, 0.25) is 5.89 Å². The maximum Gasteiger partial charge on any atom is 0.276 e. The number of rotatable bonds is 4. The van der Waals surface area contributed by atoms with Gasteiger partial charge in [-0.15, -0.1) is 33.4 Å². The Morgan fingerprint density at radius 2 is 1.91 bits per heavy atom. The molecule has 0 N–H and O–H groups in total. The van der Waals surface area contributed by atoms with E-state index in [2.05, 4.69) is 28.4 Å². The van der Waals surface area contributed by atoms with Crippen LogP contribution in [0.5, 0.6) is 0 Å². The van der Waals surface area contributed by atoms with Crippen molar-refractivity contribution in [3.63, 3.8) is 0 Å². The summed E-state index contributed by atoms with van der Waals surface area (Å²) in [5.74, 6) is 1.64. The van der Waals surface area contributed by atoms with Crippen LogP contribution in [0, 0.1) is 5.92 Å². The van der Waals surface area contributed by atoms with E-state index in [4.69, 9.17) is 27.6 Å². The lowest BCUT2D eigenvalue weighted by molar-refractivity contribution is 0.466. The molecule has 1 saturated carbocycles. The Morgan fingerprint density at radius 3 is 2.73 bits per heavy atom. The predicted octanol–water partition coefficient (Wildman–Crippen LogP) is 5.18. The number of hydrogen-bond acceptors (Lipinski definition) is 4. The molecule has 3 nitrogen and oxygen atoms in total. The van der Waals surface area contributed by atoms with E-state index in [-0.39, 0.29) is 0 Å². The third kappa shape index (κ3) is 2.71. The molecular formula is C16H12Cl2N2OS. The Morgan fingerprint density at radius 1 is 1.14 bits per heavy atom. The molecule has 112 valence electrons. The van der Waals surface area contributed by atoms with Crippen LogP contribution in [0.25, 0.3) is 22.2 Å². The van der Waals surface area contributed by atoms with Gasteiger partial charge >= 0.3 is 0 Å². The van der Waals surface area contributed by atoms with Gasteiger partial charge in [-0.05, 0) is 23.3 Å². The lowest BCUT2D eigenvalue weighted by Gasteiger charge is -2.01. The van der Waals surface area contributed by atoms with E-state index >= 15 is 0 Å². The van der Waals surface area contributed by atoms with E-state index in [1.54, 1.807) is 0 Å². The zero-order chi connectivity index (χ0) is 15.2. The predicted molar refractivity (Wildman–Crippen MR) is 90.5 cm³/mol. The maximum atomic E-state index is 6.03. The van der Waals surface area contributed by atoms with Crippen LogP contribution in [0.2, 0.25) is 0 Å². The molecule has 1 unspecified atom stereocenters. The average molecular weight is 351 g/mol. The summed E-state index contributed by atoms with van der Waals surface area (Å²) in [5, 5.41) is 11.1. The molecule has 22 heavy (non-hydrogen) atoms. The zero-order valence-corrected chi connectivity index (χ0v) is 13.8. The van der Waals surface area contributed by atoms with Gasteiger partial charge in [-0.3, -0.25) is 0 Å². The lowest BCUT2D eigenvalue weighted by atomic mass is 10.0. The van der Waals surface area contributed by atoms with E-state index in [1.165, 1.54) is 11.8 Å². The topological polar surface area (TPSA) is 38.9 Å². The van der Waals surface area contributed by atoms with Crippen LogP contribution in [0.1, 0.15) is 6.42 Å². The van der Waals surface area contributed by atoms with Crippen molar-refractivity contribution in [1.29, 1.82) is 0 Å². The molecule has 0 spiro atoms. The van der Waals surface area contributed by atoms with Crippen molar-refractivity contribution in [3.8, 4) is 11.5 Å². The van der Waals surface area contributed by atoms with E-state index in [0.29, 0.717) is 17.0 Å². The van der Waals surface area contributed by atoms with E-state index in [9.17, 15) is 0 Å². The summed E-state index contributed by atoms with van der Waals surface area (Å²) in [5.41, 5.74) is 0.952. The molecule has 0 saturated heterocycles. The maximum absolute atomic E-state index is 6.03. The highest BCUT2D eigenvalue weighted by atomic mass is 35.5. The molecule has 1 aromatic heterocycles. The number of alkyl halides is 2. The molecule has 0 aliphatic heterocycles. The normalized spacial score (nSPS) is 19.5. The molecule has 0 amide bonds. The van der Waals surface area contributed by atoms with Crippen LogP contribution in [-0.2, 0) is 0 Å². The van der Waals surface area contributed by atoms with Gasteiger partial charge in [-0.1, -0.05) is 48.2 Å². The number of fused-ring (bicyclic) bond motifs is 1. The summed E-state index contributed by atoms with van der Waals surface area (Å²) in [6.07, 6.45) is 0.827. The van der Waals surface area contributed by atoms with Crippen LogP contribution in [0.4, 0.5) is 0 Å². The summed E-state index contributed by atoms with van der Waals surface area (Å²) in [6, 6.07) is 14.2. The number of benzene rings is 2. The van der Waals surface area contributed by atoms with Crippen molar-refractivity contribution in [2.45, 2.75) is 16.0 Å². The van der Waals surface area contributed by atoms with Gasteiger partial charge in [0.05, 0.1) is 0 Å². The SMILES string of the molecule is ClC1(Cl)CC1CSc1nnc(-c2cccc3ccccc23)o1. The molecule has 0 bridgehead atoms. The highest BCUT2D eigenvalue weighted by molar-refractivity contribution is 7.99. The van der Waals surface area contributed by atoms with Crippen LogP contribution in [0.15, 0.2) is 52.1 Å². The molecular weight excluding hydrogens is 339 g/mol. The van der Waals surface area contributed by atoms with Crippen molar-refractivity contribution in [3.05, 3.63) is 42.5 Å². The van der Waals surface area contributed by atoms with Gasteiger partial charge in [-0.25, -0.2) is 0 Å². The standard InChI is InChI=1S/C16H12Cl2N2OS/c17-16(18)8-11(16)9-22-15-20-19-14(21-15)13-7-3-5-10-4-1-2-6-12(10)13/h1-7,11H,8-9H2. The third-order valence-corrected chi connectivity index (χ3v) is 5.70. The minimum Gasteiger partial charge on any atom is -0.411 e. The van der Waals surface area contributed by atoms with Crippen LogP contribution < -0.4 is 0 Å². The Balaban J connectivity index is 1.58. The van der Waals surface area contributed by atoms with E-state index in [1.807, 2.05) is 24.3 Å². The number of thioether (sulfide) groups is 1. The smallest absolute Gasteiger partial charge is 0.276 e. The third-order valence-electron chi connectivity index (χ3n) is 3.79. The lowest BCUT2D eigenvalue weighted by Crippen LogP contribution is -1.92. The number of nitrogens with zero attached hydrogens (tertiary/aromatic N) is 2. The van der Waals surface area contributed by atoms with E-state index < -0.39 is 4.33 Å². The van der Waals surface area contributed by atoms with Crippen molar-refractivity contribution in [1.82, 2.24) is 10.2 Å². The van der Waals surface area contributed by atoms with Crippen LogP contribution in [-0.4, -0.2) is 20.3 Å². The molecule has 1 atom stereocenters. The number of aromatic nitrogens is 2.